The van der Waals surface area contributed by atoms with Gasteiger partial charge in [-0.25, -0.2) is 0 Å². The molecule has 0 atom stereocenters. The third-order valence-corrected chi connectivity index (χ3v) is 3.59. The van der Waals surface area contributed by atoms with Gasteiger partial charge in [-0.05, 0) is 48.9 Å². The highest BCUT2D eigenvalue weighted by Gasteiger charge is 2.16. The topological polar surface area (TPSA) is 86.0 Å². The molecule has 0 saturated heterocycles. The number of nitrogens with one attached hydrogen (secondary N) is 1. The number of amides is 1. The van der Waals surface area contributed by atoms with Crippen molar-refractivity contribution in [3.8, 4) is 11.8 Å². The molecule has 0 radical (unpaired) electrons. The number of phenolic OH excluding ortho intramolecular Hbond substituents is 1. The molecule has 1 heterocycles. The second kappa shape index (κ2) is 5.78. The number of benzene rings is 2. The van der Waals surface area contributed by atoms with E-state index in [2.05, 4.69) is 10.3 Å². The number of rotatable bonds is 2. The van der Waals surface area contributed by atoms with Crippen LogP contribution in [0.15, 0.2) is 48.7 Å². The van der Waals surface area contributed by atoms with Crippen molar-refractivity contribution in [1.82, 2.24) is 4.98 Å². The number of nitrogens with zero attached hydrogens (tertiary/aromatic N) is 2. The smallest absolute Gasteiger partial charge is 0.259 e. The number of carbonyl (C=O) groups excluding carboxylic acids is 1. The van der Waals surface area contributed by atoms with Crippen molar-refractivity contribution in [2.45, 2.75) is 6.92 Å². The average Bonchev–Trinajstić information content (AvgIpc) is 2.58. The molecule has 2 N–H and O–H groups in total. The zero-order valence-corrected chi connectivity index (χ0v) is 12.4. The lowest BCUT2D eigenvalue weighted by Crippen LogP contribution is -2.12. The van der Waals surface area contributed by atoms with Crippen LogP contribution in [0.5, 0.6) is 5.75 Å². The molecule has 0 aliphatic rings. The lowest BCUT2D eigenvalue weighted by molar-refractivity contribution is 0.102. The van der Waals surface area contributed by atoms with E-state index in [4.69, 9.17) is 5.26 Å². The molecule has 0 bridgehead atoms. The second-order valence-corrected chi connectivity index (χ2v) is 5.13. The van der Waals surface area contributed by atoms with Gasteiger partial charge in [-0.15, -0.1) is 0 Å². The minimum Gasteiger partial charge on any atom is -0.505 e. The molecule has 5 nitrogen and oxygen atoms in total. The Morgan fingerprint density at radius 3 is 2.70 bits per heavy atom. The van der Waals surface area contributed by atoms with Gasteiger partial charge in [0.25, 0.3) is 5.91 Å². The van der Waals surface area contributed by atoms with Gasteiger partial charge >= 0.3 is 0 Å². The third kappa shape index (κ3) is 2.70. The highest BCUT2D eigenvalue weighted by molar-refractivity contribution is 6.09. The summed E-state index contributed by atoms with van der Waals surface area (Å²) in [6.45, 7) is 1.86. The molecule has 1 amide bonds. The molecule has 23 heavy (non-hydrogen) atoms. The number of hydrogen-bond donors (Lipinski definition) is 2. The first kappa shape index (κ1) is 14.5. The van der Waals surface area contributed by atoms with Gasteiger partial charge in [-0.1, -0.05) is 6.07 Å². The maximum atomic E-state index is 12.4. The molecular formula is C18H13N3O2. The van der Waals surface area contributed by atoms with Crippen LogP contribution in [-0.2, 0) is 0 Å². The van der Waals surface area contributed by atoms with Crippen LogP contribution in [0, 0.1) is 18.3 Å². The van der Waals surface area contributed by atoms with Crippen molar-refractivity contribution in [3.63, 3.8) is 0 Å². The van der Waals surface area contributed by atoms with Crippen molar-refractivity contribution >= 4 is 22.5 Å². The summed E-state index contributed by atoms with van der Waals surface area (Å²) in [6.07, 6.45) is 1.57. The summed E-state index contributed by atoms with van der Waals surface area (Å²) >= 11 is 0. The Hall–Kier alpha value is -3.39. The number of anilines is 1. The van der Waals surface area contributed by atoms with E-state index in [0.29, 0.717) is 16.8 Å². The van der Waals surface area contributed by atoms with Crippen LogP contribution >= 0.6 is 0 Å². The van der Waals surface area contributed by atoms with E-state index >= 15 is 0 Å². The van der Waals surface area contributed by atoms with E-state index in [9.17, 15) is 9.90 Å². The fourth-order valence-electron chi connectivity index (χ4n) is 2.40. The van der Waals surface area contributed by atoms with Gasteiger partial charge in [0, 0.05) is 17.3 Å². The summed E-state index contributed by atoms with van der Waals surface area (Å²) in [5.41, 5.74) is 2.48. The highest BCUT2D eigenvalue weighted by atomic mass is 16.3. The summed E-state index contributed by atoms with van der Waals surface area (Å²) < 4.78 is 0. The van der Waals surface area contributed by atoms with Gasteiger partial charge in [0.05, 0.1) is 17.2 Å². The maximum Gasteiger partial charge on any atom is 0.259 e. The van der Waals surface area contributed by atoms with E-state index in [0.717, 1.165) is 10.9 Å². The number of aryl methyl sites for hydroxylation is 1. The van der Waals surface area contributed by atoms with E-state index < -0.39 is 5.91 Å². The lowest BCUT2D eigenvalue weighted by Gasteiger charge is -2.10. The Kier molecular flexibility index (Phi) is 3.65. The van der Waals surface area contributed by atoms with Gasteiger partial charge in [0.2, 0.25) is 0 Å². The minimum absolute atomic E-state index is 0.141. The predicted octanol–water partition coefficient (Wildman–Crippen LogP) is 3.37. The summed E-state index contributed by atoms with van der Waals surface area (Å²) in [5.74, 6) is -0.569. The van der Waals surface area contributed by atoms with Crippen LogP contribution in [0.3, 0.4) is 0 Å². The molecule has 3 aromatic rings. The van der Waals surface area contributed by atoms with Crippen LogP contribution in [-0.4, -0.2) is 16.0 Å². The largest absolute Gasteiger partial charge is 0.505 e. The van der Waals surface area contributed by atoms with Gasteiger partial charge < -0.3 is 10.4 Å². The van der Waals surface area contributed by atoms with Crippen molar-refractivity contribution in [1.29, 1.82) is 5.26 Å². The predicted molar refractivity (Wildman–Crippen MR) is 87.3 cm³/mol. The fourth-order valence-corrected chi connectivity index (χ4v) is 2.40. The number of pyridine rings is 1. The molecule has 0 unspecified atom stereocenters. The first-order valence-corrected chi connectivity index (χ1v) is 6.99. The summed E-state index contributed by atoms with van der Waals surface area (Å²) in [5, 5.41) is 22.6. The van der Waals surface area contributed by atoms with Crippen LogP contribution in [0.1, 0.15) is 21.5 Å². The van der Waals surface area contributed by atoms with Gasteiger partial charge in [-0.3, -0.25) is 9.78 Å². The molecule has 3 rings (SSSR count). The number of phenols is 1. The van der Waals surface area contributed by atoms with E-state index in [-0.39, 0.29) is 11.3 Å². The van der Waals surface area contributed by atoms with Crippen LogP contribution < -0.4 is 5.32 Å². The Morgan fingerprint density at radius 2 is 2.00 bits per heavy atom. The summed E-state index contributed by atoms with van der Waals surface area (Å²) in [4.78, 5) is 16.6. The molecule has 0 saturated carbocycles. The molecule has 0 aliphatic heterocycles. The van der Waals surface area contributed by atoms with Crippen molar-refractivity contribution in [2.24, 2.45) is 0 Å². The Bertz CT molecular complexity index is 941. The van der Waals surface area contributed by atoms with Crippen molar-refractivity contribution < 1.29 is 9.90 Å². The monoisotopic (exact) mass is 303 g/mol. The number of aromatic nitrogens is 1. The third-order valence-electron chi connectivity index (χ3n) is 3.59. The van der Waals surface area contributed by atoms with Gasteiger partial charge in [0.15, 0.2) is 5.75 Å². The van der Waals surface area contributed by atoms with Crippen LogP contribution in [0.25, 0.3) is 10.9 Å². The molecule has 0 fully saturated rings. The number of hydrogen-bond acceptors (Lipinski definition) is 4. The summed E-state index contributed by atoms with van der Waals surface area (Å²) in [7, 11) is 0. The number of fused-ring (bicyclic) bond motifs is 1. The van der Waals surface area contributed by atoms with Crippen LogP contribution in [0.4, 0.5) is 5.69 Å². The zero-order valence-electron chi connectivity index (χ0n) is 12.4. The normalized spacial score (nSPS) is 10.3. The molecule has 0 aliphatic carbocycles. The maximum absolute atomic E-state index is 12.4. The molecule has 2 aromatic carbocycles. The Labute approximate surface area is 132 Å². The lowest BCUT2D eigenvalue weighted by atomic mass is 10.0. The minimum atomic E-state index is -0.428. The quantitative estimate of drug-likeness (QED) is 0.760. The van der Waals surface area contributed by atoms with Crippen molar-refractivity contribution in [2.75, 3.05) is 5.32 Å². The average molecular weight is 303 g/mol. The first-order valence-electron chi connectivity index (χ1n) is 6.99. The van der Waals surface area contributed by atoms with E-state index in [1.54, 1.807) is 42.6 Å². The highest BCUT2D eigenvalue weighted by Crippen LogP contribution is 2.30. The molecule has 5 heteroatoms. The molecule has 112 valence electrons. The Morgan fingerprint density at radius 1 is 1.26 bits per heavy atom. The van der Waals surface area contributed by atoms with Gasteiger partial charge in [0.1, 0.15) is 5.52 Å². The molecular weight excluding hydrogens is 290 g/mol. The Balaban J connectivity index is 1.97. The second-order valence-electron chi connectivity index (χ2n) is 5.13. The zero-order chi connectivity index (χ0) is 16.4. The van der Waals surface area contributed by atoms with E-state index in [1.165, 1.54) is 0 Å². The van der Waals surface area contributed by atoms with Gasteiger partial charge in [-0.2, -0.15) is 5.26 Å². The molecule has 0 spiro atoms. The number of aromatic hydroxyl groups is 1. The number of carbonyl (C=O) groups is 1. The first-order chi connectivity index (χ1) is 11.1. The molecule has 1 aromatic heterocycles. The van der Waals surface area contributed by atoms with E-state index in [1.807, 2.05) is 19.1 Å². The standard InChI is InChI=1S/C18H13N3O2/c1-11-9-15(17(22)16-14(11)3-2-8-20-16)18(23)21-13-6-4-12(10-19)5-7-13/h2-9,22H,1H3,(H,21,23). The number of nitriles is 1. The van der Waals surface area contributed by atoms with Crippen LogP contribution in [0.2, 0.25) is 0 Å². The fraction of sp³-hybridized carbons (Fsp3) is 0.0556. The summed E-state index contributed by atoms with van der Waals surface area (Å²) in [6, 6.07) is 13.8. The van der Waals surface area contributed by atoms with Crippen molar-refractivity contribution in [3.05, 3.63) is 65.4 Å². The SMILES string of the molecule is Cc1cc(C(=O)Nc2ccc(C#N)cc2)c(O)c2ncccc12.